The second-order valence-corrected chi connectivity index (χ2v) is 13.4. The third-order valence-electron chi connectivity index (χ3n) is 7.53. The Kier molecular flexibility index (Phi) is 5.97. The average molecular weight is 389 g/mol. The van der Waals surface area contributed by atoms with Crippen LogP contribution in [0.5, 0.6) is 0 Å². The zero-order valence-corrected chi connectivity index (χ0v) is 19.0. The van der Waals surface area contributed by atoms with Gasteiger partial charge in [-0.05, 0) is 75.0 Å². The number of hydrogen-bond acceptors (Lipinski definition) is 2. The molecule has 4 saturated carbocycles. The minimum atomic E-state index is -1.48. The lowest BCUT2D eigenvalue weighted by Crippen LogP contribution is -2.60. The van der Waals surface area contributed by atoms with Crippen molar-refractivity contribution in [3.05, 3.63) is 49.1 Å². The summed E-state index contributed by atoms with van der Waals surface area (Å²) in [5.41, 5.74) is 8.62. The standard InChI is InChI=1S/C22H36O2Si2/c1-7-25(8-2)23-17(5)21-12-19-11-20(13-21)15-22(14-19,16-21)18(6)24-26(9-3)10-4/h7-10,17-20,25-26H,1-4,11-16H2,5-6H3. The molecule has 0 radical (unpaired) electrons. The lowest BCUT2D eigenvalue weighted by Gasteiger charge is -2.65. The molecular formula is C22H36O2Si2. The van der Waals surface area contributed by atoms with E-state index in [2.05, 4.69) is 40.2 Å². The van der Waals surface area contributed by atoms with Gasteiger partial charge in [0.1, 0.15) is 0 Å². The summed E-state index contributed by atoms with van der Waals surface area (Å²) in [4.78, 5) is 0. The summed E-state index contributed by atoms with van der Waals surface area (Å²) in [6.07, 6.45) is 8.57. The van der Waals surface area contributed by atoms with Gasteiger partial charge < -0.3 is 8.85 Å². The fourth-order valence-electron chi connectivity index (χ4n) is 6.53. The summed E-state index contributed by atoms with van der Waals surface area (Å²) < 4.78 is 13.0. The van der Waals surface area contributed by atoms with Crippen LogP contribution in [-0.4, -0.2) is 30.3 Å². The molecule has 0 heterocycles. The van der Waals surface area contributed by atoms with Crippen LogP contribution in [0.1, 0.15) is 52.4 Å². The van der Waals surface area contributed by atoms with Crippen LogP contribution in [0, 0.1) is 22.7 Å². The van der Waals surface area contributed by atoms with E-state index in [4.69, 9.17) is 8.85 Å². The number of hydrogen-bond donors (Lipinski definition) is 0. The fraction of sp³-hybridized carbons (Fsp3) is 0.636. The quantitative estimate of drug-likeness (QED) is 0.504. The first-order valence-electron chi connectivity index (χ1n) is 10.2. The van der Waals surface area contributed by atoms with E-state index in [1.807, 2.05) is 22.8 Å². The van der Waals surface area contributed by atoms with Gasteiger partial charge in [0.05, 0.1) is 0 Å². The molecule has 4 rings (SSSR count). The van der Waals surface area contributed by atoms with Crippen LogP contribution in [0.4, 0.5) is 0 Å². The highest BCUT2D eigenvalue weighted by atomic mass is 28.3. The van der Waals surface area contributed by atoms with Gasteiger partial charge in [-0.1, -0.05) is 22.8 Å². The van der Waals surface area contributed by atoms with Crippen LogP contribution in [0.15, 0.2) is 49.1 Å². The molecular weight excluding hydrogens is 352 g/mol. The monoisotopic (exact) mass is 388 g/mol. The van der Waals surface area contributed by atoms with Crippen LogP contribution in [0.3, 0.4) is 0 Å². The van der Waals surface area contributed by atoms with E-state index >= 15 is 0 Å². The summed E-state index contributed by atoms with van der Waals surface area (Å²) in [5.74, 6) is 1.68. The largest absolute Gasteiger partial charge is 0.409 e. The van der Waals surface area contributed by atoms with Crippen molar-refractivity contribution < 1.29 is 8.85 Å². The van der Waals surface area contributed by atoms with Crippen LogP contribution >= 0.6 is 0 Å². The third kappa shape index (κ3) is 3.53. The first-order valence-corrected chi connectivity index (χ1v) is 13.8. The smallest absolute Gasteiger partial charge is 0.224 e. The molecule has 4 aliphatic rings. The molecule has 4 aliphatic carbocycles. The summed E-state index contributed by atoms with van der Waals surface area (Å²) in [7, 11) is -2.97. The fourth-order valence-corrected chi connectivity index (χ4v) is 8.88. The molecule has 0 aromatic carbocycles. The van der Waals surface area contributed by atoms with Crippen molar-refractivity contribution in [2.75, 3.05) is 0 Å². The Bertz CT molecular complexity index is 496. The van der Waals surface area contributed by atoms with Crippen molar-refractivity contribution in [3.63, 3.8) is 0 Å². The van der Waals surface area contributed by atoms with Gasteiger partial charge in [-0.2, -0.15) is 0 Å². The van der Waals surface area contributed by atoms with Crippen LogP contribution in [0.2, 0.25) is 0 Å². The first kappa shape index (κ1) is 20.1. The second kappa shape index (κ2) is 7.74. The van der Waals surface area contributed by atoms with E-state index in [9.17, 15) is 0 Å². The number of rotatable bonds is 10. The molecule has 4 fully saturated rings. The summed E-state index contributed by atoms with van der Waals surface area (Å²) >= 11 is 0. The Morgan fingerprint density at radius 1 is 0.769 bits per heavy atom. The van der Waals surface area contributed by atoms with Crippen molar-refractivity contribution >= 4 is 18.1 Å². The van der Waals surface area contributed by atoms with Crippen molar-refractivity contribution in [1.29, 1.82) is 0 Å². The molecule has 0 spiro atoms. The van der Waals surface area contributed by atoms with E-state index in [1.54, 1.807) is 0 Å². The van der Waals surface area contributed by atoms with Crippen molar-refractivity contribution in [2.24, 2.45) is 22.7 Å². The predicted molar refractivity (Wildman–Crippen MR) is 116 cm³/mol. The topological polar surface area (TPSA) is 18.5 Å². The maximum Gasteiger partial charge on any atom is 0.224 e. The van der Waals surface area contributed by atoms with Gasteiger partial charge >= 0.3 is 0 Å². The molecule has 2 nitrogen and oxygen atoms in total. The van der Waals surface area contributed by atoms with E-state index < -0.39 is 18.1 Å². The Balaban J connectivity index is 1.82. The minimum Gasteiger partial charge on any atom is -0.409 e. The lowest BCUT2D eigenvalue weighted by atomic mass is 9.42. The molecule has 0 saturated heterocycles. The van der Waals surface area contributed by atoms with Gasteiger partial charge in [0, 0.05) is 12.2 Å². The average Bonchev–Trinajstić information content (AvgIpc) is 2.62. The van der Waals surface area contributed by atoms with E-state index in [-0.39, 0.29) is 0 Å². The maximum absolute atomic E-state index is 6.52. The van der Waals surface area contributed by atoms with Crippen LogP contribution < -0.4 is 0 Å². The first-order chi connectivity index (χ1) is 12.4. The summed E-state index contributed by atoms with van der Waals surface area (Å²) in [5, 5.41) is 0. The normalized spacial score (nSPS) is 37.5. The highest BCUT2D eigenvalue weighted by Crippen LogP contribution is 2.68. The molecule has 0 aliphatic heterocycles. The van der Waals surface area contributed by atoms with Gasteiger partial charge in [0.25, 0.3) is 0 Å². The van der Waals surface area contributed by atoms with Gasteiger partial charge in [-0.3, -0.25) is 0 Å². The van der Waals surface area contributed by atoms with E-state index in [0.29, 0.717) is 23.0 Å². The molecule has 0 aromatic heterocycles. The zero-order valence-electron chi connectivity index (χ0n) is 16.7. The minimum absolute atomic E-state index is 0.291. The molecule has 4 heteroatoms. The molecule has 0 amide bonds. The maximum atomic E-state index is 6.52. The van der Waals surface area contributed by atoms with Gasteiger partial charge in [-0.15, -0.1) is 26.3 Å². The molecule has 144 valence electrons. The van der Waals surface area contributed by atoms with Gasteiger partial charge in [0.2, 0.25) is 18.1 Å². The van der Waals surface area contributed by atoms with Crippen molar-refractivity contribution in [3.8, 4) is 0 Å². The lowest BCUT2D eigenvalue weighted by molar-refractivity contribution is -0.177. The van der Waals surface area contributed by atoms with Crippen molar-refractivity contribution in [1.82, 2.24) is 0 Å². The highest BCUT2D eigenvalue weighted by molar-refractivity contribution is 6.63. The van der Waals surface area contributed by atoms with Crippen molar-refractivity contribution in [2.45, 2.75) is 64.6 Å². The predicted octanol–water partition coefficient (Wildman–Crippen LogP) is 4.73. The Morgan fingerprint density at radius 3 is 1.42 bits per heavy atom. The third-order valence-corrected chi connectivity index (χ3v) is 10.8. The molecule has 0 N–H and O–H groups in total. The summed E-state index contributed by atoms with van der Waals surface area (Å²) in [6, 6.07) is 0. The molecule has 26 heavy (non-hydrogen) atoms. The highest BCUT2D eigenvalue weighted by Gasteiger charge is 2.61. The zero-order chi connectivity index (χ0) is 18.9. The van der Waals surface area contributed by atoms with Gasteiger partial charge in [0.15, 0.2) is 0 Å². The Hall–Kier alpha value is -0.686. The SMILES string of the molecule is C=C[SiH](C=C)OC(C)C12CC3CC(C1)CC(C(C)O[SiH](C=C)C=C)(C3)C2. The van der Waals surface area contributed by atoms with Gasteiger partial charge in [-0.25, -0.2) is 0 Å². The van der Waals surface area contributed by atoms with E-state index in [1.165, 1.54) is 38.5 Å². The Morgan fingerprint density at radius 2 is 1.12 bits per heavy atom. The molecule has 4 bridgehead atoms. The summed E-state index contributed by atoms with van der Waals surface area (Å²) in [6.45, 7) is 20.4. The second-order valence-electron chi connectivity index (χ2n) is 9.11. The Labute approximate surface area is 163 Å². The van der Waals surface area contributed by atoms with E-state index in [0.717, 1.165) is 11.8 Å². The van der Waals surface area contributed by atoms with Crippen LogP contribution in [-0.2, 0) is 8.85 Å². The molecule has 2 atom stereocenters. The molecule has 2 unspecified atom stereocenters. The van der Waals surface area contributed by atoms with Crippen LogP contribution in [0.25, 0.3) is 0 Å². The molecule has 0 aromatic rings.